The fraction of sp³-hybridized carbons (Fsp3) is 0.389. The van der Waals surface area contributed by atoms with Crippen molar-refractivity contribution in [3.05, 3.63) is 39.9 Å². The van der Waals surface area contributed by atoms with Crippen LogP contribution in [-0.2, 0) is 14.4 Å². The molecule has 10 heteroatoms. The van der Waals surface area contributed by atoms with Crippen molar-refractivity contribution >= 4 is 40.2 Å². The molecule has 2 atom stereocenters. The number of carboxylic acid groups (broad SMARTS) is 1. The van der Waals surface area contributed by atoms with Crippen molar-refractivity contribution in [2.45, 2.75) is 32.4 Å². The zero-order chi connectivity index (χ0) is 21.0. The van der Waals surface area contributed by atoms with Crippen LogP contribution >= 0.6 is 11.6 Å². The summed E-state index contributed by atoms with van der Waals surface area (Å²) in [6.07, 6.45) is 0.436. The Balaban J connectivity index is 2.44. The molecule has 0 bridgehead atoms. The fourth-order valence-electron chi connectivity index (χ4n) is 2.83. The molecular weight excluding hydrogens is 393 g/mol. The van der Waals surface area contributed by atoms with Crippen molar-refractivity contribution in [2.75, 3.05) is 6.67 Å². The summed E-state index contributed by atoms with van der Waals surface area (Å²) >= 11 is 5.93. The molecule has 0 saturated carbocycles. The van der Waals surface area contributed by atoms with Crippen molar-refractivity contribution in [1.29, 1.82) is 0 Å². The lowest BCUT2D eigenvalue weighted by Crippen LogP contribution is -2.48. The van der Waals surface area contributed by atoms with E-state index in [4.69, 9.17) is 16.7 Å². The van der Waals surface area contributed by atoms with E-state index in [9.17, 15) is 23.6 Å². The number of aliphatic carboxylic acids is 1. The molecule has 0 aliphatic carbocycles. The lowest BCUT2D eigenvalue weighted by atomic mass is 10.0. The third kappa shape index (κ3) is 4.72. The molecule has 2 aromatic rings. The first kappa shape index (κ1) is 21.5. The number of hydrogen-bond acceptors (Lipinski definition) is 5. The number of nitrogens with one attached hydrogen (secondary N) is 1. The standard InChI is InChI=1S/C18H19ClFN3O5/c1-9(2)16(17(27)22-13(6-15(25)26)14(24)7-20)23-8-21-12-4-3-10(19)5-11(12)18(23)28/h3-5,8-9,13,16H,6-7H2,1-2H3,(H,22,27)(H,25,26). The Bertz CT molecular complexity index is 975. The van der Waals surface area contributed by atoms with Crippen molar-refractivity contribution in [2.24, 2.45) is 5.92 Å². The van der Waals surface area contributed by atoms with Gasteiger partial charge in [0.15, 0.2) is 5.78 Å². The van der Waals surface area contributed by atoms with E-state index in [0.717, 1.165) is 4.57 Å². The first-order valence-corrected chi connectivity index (χ1v) is 8.80. The average Bonchev–Trinajstić information content (AvgIpc) is 2.62. The molecule has 28 heavy (non-hydrogen) atoms. The second kappa shape index (κ2) is 8.92. The minimum Gasteiger partial charge on any atom is -0.481 e. The maximum atomic E-state index is 12.8. The minimum atomic E-state index is -1.53. The lowest BCUT2D eigenvalue weighted by Gasteiger charge is -2.25. The van der Waals surface area contributed by atoms with E-state index in [1.807, 2.05) is 0 Å². The highest BCUT2D eigenvalue weighted by molar-refractivity contribution is 6.31. The number of fused-ring (bicyclic) bond motifs is 1. The number of alkyl halides is 1. The van der Waals surface area contributed by atoms with Crippen molar-refractivity contribution in [3.63, 3.8) is 0 Å². The van der Waals surface area contributed by atoms with E-state index < -0.39 is 54.3 Å². The summed E-state index contributed by atoms with van der Waals surface area (Å²) in [5.41, 5.74) is -0.127. The van der Waals surface area contributed by atoms with Crippen LogP contribution in [0, 0.1) is 5.92 Å². The summed E-state index contributed by atoms with van der Waals surface area (Å²) in [6.45, 7) is 1.92. The predicted molar refractivity (Wildman–Crippen MR) is 100 cm³/mol. The van der Waals surface area contributed by atoms with Crippen LogP contribution in [0.2, 0.25) is 5.02 Å². The highest BCUT2D eigenvalue weighted by Crippen LogP contribution is 2.19. The lowest BCUT2D eigenvalue weighted by molar-refractivity contribution is -0.140. The van der Waals surface area contributed by atoms with Crippen molar-refractivity contribution in [3.8, 4) is 0 Å². The largest absolute Gasteiger partial charge is 0.481 e. The zero-order valence-corrected chi connectivity index (χ0v) is 15.9. The molecule has 2 rings (SSSR count). The number of benzene rings is 1. The smallest absolute Gasteiger partial charge is 0.305 e. The van der Waals surface area contributed by atoms with Crippen LogP contribution in [-0.4, -0.2) is 45.0 Å². The van der Waals surface area contributed by atoms with Gasteiger partial charge in [0.05, 0.1) is 23.7 Å². The first-order chi connectivity index (χ1) is 13.1. The number of nitrogens with zero attached hydrogens (tertiary/aromatic N) is 2. The van der Waals surface area contributed by atoms with Gasteiger partial charge in [-0.1, -0.05) is 25.4 Å². The molecule has 0 spiro atoms. The Morgan fingerprint density at radius 1 is 1.32 bits per heavy atom. The van der Waals surface area contributed by atoms with Gasteiger partial charge in [-0.05, 0) is 24.1 Å². The van der Waals surface area contributed by atoms with Gasteiger partial charge in [0.25, 0.3) is 5.56 Å². The summed E-state index contributed by atoms with van der Waals surface area (Å²) in [7, 11) is 0. The number of rotatable bonds is 8. The maximum Gasteiger partial charge on any atom is 0.305 e. The third-order valence-corrected chi connectivity index (χ3v) is 4.40. The summed E-state index contributed by atoms with van der Waals surface area (Å²) in [5.74, 6) is -3.63. The van der Waals surface area contributed by atoms with Crippen LogP contribution in [0.5, 0.6) is 0 Å². The summed E-state index contributed by atoms with van der Waals surface area (Å²) in [5, 5.41) is 11.7. The number of halogens is 2. The highest BCUT2D eigenvalue weighted by atomic mass is 35.5. The zero-order valence-electron chi connectivity index (χ0n) is 15.2. The van der Waals surface area contributed by atoms with Crippen LogP contribution in [0.15, 0.2) is 29.3 Å². The fourth-order valence-corrected chi connectivity index (χ4v) is 3.00. The molecule has 0 fully saturated rings. The first-order valence-electron chi connectivity index (χ1n) is 8.43. The Hall–Kier alpha value is -2.81. The van der Waals surface area contributed by atoms with E-state index in [-0.39, 0.29) is 5.39 Å². The van der Waals surface area contributed by atoms with Crippen LogP contribution in [0.4, 0.5) is 4.39 Å². The normalized spacial score (nSPS) is 13.3. The molecule has 0 aliphatic rings. The third-order valence-electron chi connectivity index (χ3n) is 4.16. The number of hydrogen-bond donors (Lipinski definition) is 2. The van der Waals surface area contributed by atoms with Gasteiger partial charge < -0.3 is 10.4 Å². The number of carbonyl (C=O) groups is 3. The van der Waals surface area contributed by atoms with E-state index in [1.165, 1.54) is 12.4 Å². The monoisotopic (exact) mass is 411 g/mol. The second-order valence-corrected chi connectivity index (χ2v) is 7.00. The topological polar surface area (TPSA) is 118 Å². The summed E-state index contributed by atoms with van der Waals surface area (Å²) in [6, 6.07) is 1.95. The molecule has 8 nitrogen and oxygen atoms in total. The minimum absolute atomic E-state index is 0.204. The highest BCUT2D eigenvalue weighted by Gasteiger charge is 2.31. The Kier molecular flexibility index (Phi) is 6.85. The van der Waals surface area contributed by atoms with Crippen molar-refractivity contribution in [1.82, 2.24) is 14.9 Å². The van der Waals surface area contributed by atoms with Gasteiger partial charge in [0.2, 0.25) is 5.91 Å². The molecule has 1 amide bonds. The molecule has 2 N–H and O–H groups in total. The number of Topliss-reactive ketones (excluding diaryl/α,β-unsaturated/α-hetero) is 1. The Labute approximate surface area is 164 Å². The molecule has 1 heterocycles. The Morgan fingerprint density at radius 3 is 2.57 bits per heavy atom. The molecular formula is C18H19ClFN3O5. The van der Waals surface area contributed by atoms with E-state index >= 15 is 0 Å². The number of aromatic nitrogens is 2. The van der Waals surface area contributed by atoms with E-state index in [1.54, 1.807) is 26.0 Å². The van der Waals surface area contributed by atoms with Crippen LogP contribution in [0.1, 0.15) is 26.3 Å². The average molecular weight is 412 g/mol. The van der Waals surface area contributed by atoms with Gasteiger partial charge in [0, 0.05) is 5.02 Å². The van der Waals surface area contributed by atoms with Gasteiger partial charge in [-0.25, -0.2) is 9.37 Å². The predicted octanol–water partition coefficient (Wildman–Crippen LogP) is 1.75. The molecule has 2 unspecified atom stereocenters. The van der Waals surface area contributed by atoms with Gasteiger partial charge in [-0.15, -0.1) is 0 Å². The molecule has 0 aliphatic heterocycles. The summed E-state index contributed by atoms with van der Waals surface area (Å²) < 4.78 is 13.8. The number of amides is 1. The number of carboxylic acids is 1. The van der Waals surface area contributed by atoms with Crippen molar-refractivity contribution < 1.29 is 23.9 Å². The van der Waals surface area contributed by atoms with Crippen LogP contribution in [0.3, 0.4) is 0 Å². The quantitative estimate of drug-likeness (QED) is 0.683. The molecule has 1 aromatic heterocycles. The number of ketones is 1. The SMILES string of the molecule is CC(C)C(C(=O)NC(CC(=O)O)C(=O)CF)n1cnc2ccc(Cl)cc2c1=O. The van der Waals surface area contributed by atoms with E-state index in [2.05, 4.69) is 10.3 Å². The Morgan fingerprint density at radius 2 is 2.00 bits per heavy atom. The molecule has 150 valence electrons. The summed E-state index contributed by atoms with van der Waals surface area (Å²) in [4.78, 5) is 52.3. The van der Waals surface area contributed by atoms with Gasteiger partial charge in [0.1, 0.15) is 18.8 Å². The van der Waals surface area contributed by atoms with Crippen LogP contribution in [0.25, 0.3) is 10.9 Å². The van der Waals surface area contributed by atoms with Gasteiger partial charge in [-0.3, -0.25) is 23.7 Å². The molecule has 0 radical (unpaired) electrons. The molecule has 1 aromatic carbocycles. The maximum absolute atomic E-state index is 12.8. The van der Waals surface area contributed by atoms with E-state index in [0.29, 0.717) is 10.5 Å². The van der Waals surface area contributed by atoms with Gasteiger partial charge in [-0.2, -0.15) is 0 Å². The van der Waals surface area contributed by atoms with Crippen LogP contribution < -0.4 is 10.9 Å². The second-order valence-electron chi connectivity index (χ2n) is 6.57. The number of carbonyl (C=O) groups excluding carboxylic acids is 2. The van der Waals surface area contributed by atoms with Gasteiger partial charge >= 0.3 is 5.97 Å². The molecule has 0 saturated heterocycles.